The summed E-state index contributed by atoms with van der Waals surface area (Å²) >= 11 is 0. The summed E-state index contributed by atoms with van der Waals surface area (Å²) in [4.78, 5) is 27.9. The number of hydrogen-bond donors (Lipinski definition) is 0. The Balaban J connectivity index is 1.92. The number of esters is 1. The first kappa shape index (κ1) is 22.1. The van der Waals surface area contributed by atoms with E-state index in [0.29, 0.717) is 30.9 Å². The topological polar surface area (TPSA) is 85.1 Å². The molecule has 31 heavy (non-hydrogen) atoms. The van der Waals surface area contributed by atoms with Gasteiger partial charge in [0.1, 0.15) is 5.69 Å². The lowest BCUT2D eigenvalue weighted by Gasteiger charge is -2.37. The van der Waals surface area contributed by atoms with E-state index in [1.54, 1.807) is 12.1 Å². The van der Waals surface area contributed by atoms with Crippen LogP contribution in [-0.2, 0) is 9.47 Å². The molecule has 8 nitrogen and oxygen atoms in total. The lowest BCUT2D eigenvalue weighted by atomic mass is 10.0. The molecular weight excluding hydrogens is 398 g/mol. The number of carbonyl (C=O) groups is 1. The molecule has 2 aromatic carbocycles. The first-order valence-corrected chi connectivity index (χ1v) is 10.2. The van der Waals surface area contributed by atoms with Gasteiger partial charge in [-0.25, -0.2) is 4.79 Å². The zero-order valence-corrected chi connectivity index (χ0v) is 18.0. The highest BCUT2D eigenvalue weighted by Crippen LogP contribution is 2.34. The smallest absolute Gasteiger partial charge is 0.338 e. The van der Waals surface area contributed by atoms with Gasteiger partial charge in [0, 0.05) is 37.9 Å². The molecule has 0 unspecified atom stereocenters. The monoisotopic (exact) mass is 425 g/mol. The maximum atomic E-state index is 12.2. The van der Waals surface area contributed by atoms with Crippen molar-refractivity contribution in [1.29, 1.82) is 0 Å². The Labute approximate surface area is 181 Å². The average molecular weight is 425 g/mol. The second-order valence-corrected chi connectivity index (χ2v) is 7.20. The molecule has 1 fully saturated rings. The molecule has 164 valence electrons. The number of nitro groups is 1. The Kier molecular flexibility index (Phi) is 7.12. The molecule has 0 aliphatic carbocycles. The van der Waals surface area contributed by atoms with Gasteiger partial charge in [0.2, 0.25) is 0 Å². The van der Waals surface area contributed by atoms with Crippen molar-refractivity contribution in [3.8, 4) is 0 Å². The van der Waals surface area contributed by atoms with Crippen LogP contribution in [0.1, 0.15) is 28.4 Å². The summed E-state index contributed by atoms with van der Waals surface area (Å²) in [6, 6.07) is 11.2. The number of nitrogens with zero attached hydrogens (tertiary/aromatic N) is 3. The number of piperazine rings is 1. The lowest BCUT2D eigenvalue weighted by Crippen LogP contribution is -2.47. The number of aryl methyl sites for hydroxylation is 1. The molecule has 1 aliphatic rings. The first-order valence-electron chi connectivity index (χ1n) is 10.2. The molecule has 0 bridgehead atoms. The molecule has 1 aliphatic heterocycles. The predicted molar refractivity (Wildman–Crippen MR) is 121 cm³/mol. The van der Waals surface area contributed by atoms with Crippen LogP contribution in [0.2, 0.25) is 0 Å². The fraction of sp³-hybridized carbons (Fsp3) is 0.348. The van der Waals surface area contributed by atoms with E-state index in [-0.39, 0.29) is 11.3 Å². The van der Waals surface area contributed by atoms with Crippen molar-refractivity contribution in [2.45, 2.75) is 13.8 Å². The number of rotatable bonds is 7. The quantitative estimate of drug-likeness (QED) is 0.287. The normalized spacial score (nSPS) is 14.0. The van der Waals surface area contributed by atoms with Crippen LogP contribution < -0.4 is 9.80 Å². The Morgan fingerprint density at radius 2 is 1.77 bits per heavy atom. The van der Waals surface area contributed by atoms with Crippen LogP contribution in [0.5, 0.6) is 0 Å². The molecule has 0 aromatic heterocycles. The van der Waals surface area contributed by atoms with Gasteiger partial charge in [0.05, 0.1) is 30.5 Å². The number of anilines is 2. The van der Waals surface area contributed by atoms with Crippen LogP contribution in [0.4, 0.5) is 17.1 Å². The minimum absolute atomic E-state index is 0.113. The third-order valence-corrected chi connectivity index (χ3v) is 5.34. The first-order chi connectivity index (χ1) is 15.0. The molecular formula is C23H27N3O5. The number of carbonyl (C=O) groups excluding carboxylic acids is 1. The van der Waals surface area contributed by atoms with Gasteiger partial charge >= 0.3 is 5.97 Å². The summed E-state index contributed by atoms with van der Waals surface area (Å²) in [7, 11) is 1.25. The number of ether oxygens (including phenoxy) is 2. The fourth-order valence-corrected chi connectivity index (χ4v) is 3.74. The van der Waals surface area contributed by atoms with Gasteiger partial charge < -0.3 is 19.3 Å². The summed E-state index contributed by atoms with van der Waals surface area (Å²) in [5.41, 5.74) is 3.40. The van der Waals surface area contributed by atoms with E-state index in [9.17, 15) is 14.9 Å². The summed E-state index contributed by atoms with van der Waals surface area (Å²) in [5, 5.41) is 11.8. The highest BCUT2D eigenvalue weighted by Gasteiger charge is 2.27. The van der Waals surface area contributed by atoms with Gasteiger partial charge in [-0.1, -0.05) is 18.2 Å². The molecule has 3 rings (SSSR count). The second kappa shape index (κ2) is 9.97. The molecule has 2 aromatic rings. The number of nitro benzene ring substituents is 1. The SMILES string of the molecule is CCO/C=C/c1cc(N2CCN(c3ccccc3C)CC2)c([N+](=O)[O-])cc1C(=O)OC. The van der Waals surface area contributed by atoms with Gasteiger partial charge in [0.25, 0.3) is 5.69 Å². The molecule has 1 saturated heterocycles. The van der Waals surface area contributed by atoms with Gasteiger partial charge in [0.15, 0.2) is 0 Å². The van der Waals surface area contributed by atoms with Crippen molar-refractivity contribution in [3.63, 3.8) is 0 Å². The fourth-order valence-electron chi connectivity index (χ4n) is 3.74. The van der Waals surface area contributed by atoms with Crippen LogP contribution in [0.25, 0.3) is 6.08 Å². The van der Waals surface area contributed by atoms with Crippen molar-refractivity contribution < 1.29 is 19.2 Å². The Bertz CT molecular complexity index is 981. The van der Waals surface area contributed by atoms with Crippen molar-refractivity contribution >= 4 is 29.1 Å². The highest BCUT2D eigenvalue weighted by atomic mass is 16.6. The summed E-state index contributed by atoms with van der Waals surface area (Å²) in [6.07, 6.45) is 3.11. The van der Waals surface area contributed by atoms with Crippen LogP contribution in [-0.4, -0.2) is 50.8 Å². The summed E-state index contributed by atoms with van der Waals surface area (Å²) in [6.45, 7) is 7.14. The highest BCUT2D eigenvalue weighted by molar-refractivity contribution is 5.96. The molecule has 0 saturated carbocycles. The largest absolute Gasteiger partial charge is 0.501 e. The van der Waals surface area contributed by atoms with E-state index < -0.39 is 10.9 Å². The van der Waals surface area contributed by atoms with Crippen molar-refractivity contribution in [1.82, 2.24) is 0 Å². The minimum Gasteiger partial charge on any atom is -0.501 e. The van der Waals surface area contributed by atoms with E-state index in [1.165, 1.54) is 30.7 Å². The van der Waals surface area contributed by atoms with Crippen LogP contribution in [0.3, 0.4) is 0 Å². The number of methoxy groups -OCH3 is 1. The molecule has 0 N–H and O–H groups in total. The average Bonchev–Trinajstić information content (AvgIpc) is 2.78. The maximum absolute atomic E-state index is 12.2. The zero-order valence-electron chi connectivity index (χ0n) is 18.0. The molecule has 0 amide bonds. The third-order valence-electron chi connectivity index (χ3n) is 5.34. The van der Waals surface area contributed by atoms with Gasteiger partial charge in [-0.2, -0.15) is 0 Å². The maximum Gasteiger partial charge on any atom is 0.338 e. The number of para-hydroxylation sites is 1. The molecule has 8 heteroatoms. The molecule has 0 atom stereocenters. The Hall–Kier alpha value is -3.55. The van der Waals surface area contributed by atoms with Crippen molar-refractivity contribution in [2.24, 2.45) is 0 Å². The Morgan fingerprint density at radius 3 is 2.35 bits per heavy atom. The lowest BCUT2D eigenvalue weighted by molar-refractivity contribution is -0.384. The van der Waals surface area contributed by atoms with Crippen molar-refractivity contribution in [3.05, 3.63) is 69.5 Å². The Morgan fingerprint density at radius 1 is 1.13 bits per heavy atom. The van der Waals surface area contributed by atoms with E-state index in [1.807, 2.05) is 24.0 Å². The minimum atomic E-state index is -0.629. The van der Waals surface area contributed by atoms with E-state index in [2.05, 4.69) is 24.0 Å². The third kappa shape index (κ3) is 4.96. The molecule has 1 heterocycles. The number of benzene rings is 2. The van der Waals surface area contributed by atoms with E-state index >= 15 is 0 Å². The molecule has 0 spiro atoms. The standard InChI is InChI=1S/C23H27N3O5/c1-4-31-14-9-18-15-21(22(26(28)29)16-19(18)23(27)30-3)25-12-10-24(11-13-25)20-8-6-5-7-17(20)2/h5-9,14-16H,4,10-13H2,1-3H3/b14-9+. The van der Waals surface area contributed by atoms with Gasteiger partial charge in [-0.15, -0.1) is 0 Å². The summed E-state index contributed by atoms with van der Waals surface area (Å²) < 4.78 is 10.1. The van der Waals surface area contributed by atoms with Crippen molar-refractivity contribution in [2.75, 3.05) is 49.7 Å². The summed E-state index contributed by atoms with van der Waals surface area (Å²) in [5.74, 6) is -0.629. The predicted octanol–water partition coefficient (Wildman–Crippen LogP) is 4.02. The van der Waals surface area contributed by atoms with E-state index in [4.69, 9.17) is 9.47 Å². The van der Waals surface area contributed by atoms with E-state index in [0.717, 1.165) is 13.1 Å². The van der Waals surface area contributed by atoms with Crippen LogP contribution >= 0.6 is 0 Å². The second-order valence-electron chi connectivity index (χ2n) is 7.20. The van der Waals surface area contributed by atoms with Crippen LogP contribution in [0.15, 0.2) is 42.7 Å². The van der Waals surface area contributed by atoms with Gasteiger partial charge in [-0.05, 0) is 43.2 Å². The van der Waals surface area contributed by atoms with Crippen LogP contribution in [0, 0.1) is 17.0 Å². The van der Waals surface area contributed by atoms with Gasteiger partial charge in [-0.3, -0.25) is 10.1 Å². The molecule has 0 radical (unpaired) electrons. The zero-order chi connectivity index (χ0) is 22.4. The number of hydrogen-bond acceptors (Lipinski definition) is 7.